The zero-order chi connectivity index (χ0) is 10.1. The van der Waals surface area contributed by atoms with E-state index in [4.69, 9.17) is 20.9 Å². The van der Waals surface area contributed by atoms with Crippen molar-refractivity contribution < 1.29 is 9.47 Å². The van der Waals surface area contributed by atoms with Crippen molar-refractivity contribution >= 4 is 0 Å². The molecule has 0 aromatic rings. The van der Waals surface area contributed by atoms with E-state index in [-0.39, 0.29) is 24.3 Å². The van der Waals surface area contributed by atoms with Crippen LogP contribution >= 0.6 is 0 Å². The van der Waals surface area contributed by atoms with Gasteiger partial charge in [0.25, 0.3) is 0 Å². The second kappa shape index (κ2) is 2.50. The molecular weight excluding hydrogens is 180 g/mol. The Kier molecular flexibility index (Phi) is 1.62. The summed E-state index contributed by atoms with van der Waals surface area (Å²) in [7, 11) is 0. The maximum absolute atomic E-state index is 6.05. The fourth-order valence-corrected chi connectivity index (χ4v) is 3.39. The highest BCUT2D eigenvalue weighted by Gasteiger charge is 2.62. The molecule has 2 saturated carbocycles. The van der Waals surface area contributed by atoms with Gasteiger partial charge in [-0.15, -0.1) is 0 Å². The molecule has 0 amide bonds. The van der Waals surface area contributed by atoms with Crippen LogP contribution < -0.4 is 11.5 Å². The van der Waals surface area contributed by atoms with Gasteiger partial charge in [-0.05, 0) is 20.3 Å². The topological polar surface area (TPSA) is 70.5 Å². The Hall–Kier alpha value is -0.160. The Bertz CT molecular complexity index is 245. The normalized spacial score (nSPS) is 59.1. The van der Waals surface area contributed by atoms with E-state index in [1.165, 1.54) is 0 Å². The quantitative estimate of drug-likeness (QED) is 0.566. The monoisotopic (exact) mass is 198 g/mol. The maximum Gasteiger partial charge on any atom is 0.163 e. The smallest absolute Gasteiger partial charge is 0.163 e. The van der Waals surface area contributed by atoms with Crippen molar-refractivity contribution in [3.8, 4) is 0 Å². The summed E-state index contributed by atoms with van der Waals surface area (Å²) in [6.45, 7) is 3.92. The van der Waals surface area contributed by atoms with Crippen molar-refractivity contribution in [1.82, 2.24) is 0 Å². The SMILES string of the molecule is CC1(C)O[C@@H]2[C@@H]3C[C@@H]([C@H](N)[C@@H]3N)[C@@H]2O1. The molecule has 2 bridgehead atoms. The lowest BCUT2D eigenvalue weighted by atomic mass is 9.87. The van der Waals surface area contributed by atoms with Crippen LogP contribution in [0.25, 0.3) is 0 Å². The lowest BCUT2D eigenvalue weighted by molar-refractivity contribution is -0.157. The molecule has 14 heavy (non-hydrogen) atoms. The van der Waals surface area contributed by atoms with Crippen molar-refractivity contribution in [3.05, 3.63) is 0 Å². The lowest BCUT2D eigenvalue weighted by Crippen LogP contribution is -2.54. The summed E-state index contributed by atoms with van der Waals surface area (Å²) in [5, 5.41) is 0. The molecule has 1 saturated heterocycles. The Morgan fingerprint density at radius 3 is 1.86 bits per heavy atom. The van der Waals surface area contributed by atoms with Crippen LogP contribution in [0.2, 0.25) is 0 Å². The van der Waals surface area contributed by atoms with Crippen LogP contribution in [0.5, 0.6) is 0 Å². The van der Waals surface area contributed by atoms with Crippen molar-refractivity contribution in [2.24, 2.45) is 23.3 Å². The summed E-state index contributed by atoms with van der Waals surface area (Å²) < 4.78 is 11.7. The summed E-state index contributed by atoms with van der Waals surface area (Å²) in [6, 6.07) is 0.192. The largest absolute Gasteiger partial charge is 0.344 e. The van der Waals surface area contributed by atoms with Crippen LogP contribution in [0.1, 0.15) is 20.3 Å². The maximum atomic E-state index is 6.05. The van der Waals surface area contributed by atoms with E-state index < -0.39 is 5.79 Å². The minimum absolute atomic E-state index is 0.0961. The van der Waals surface area contributed by atoms with Gasteiger partial charge >= 0.3 is 0 Å². The average molecular weight is 198 g/mol. The van der Waals surface area contributed by atoms with E-state index in [2.05, 4.69) is 0 Å². The van der Waals surface area contributed by atoms with Gasteiger partial charge in [0.1, 0.15) is 0 Å². The van der Waals surface area contributed by atoms with Crippen molar-refractivity contribution in [1.29, 1.82) is 0 Å². The van der Waals surface area contributed by atoms with Crippen LogP contribution in [-0.2, 0) is 9.47 Å². The van der Waals surface area contributed by atoms with Crippen LogP contribution in [0, 0.1) is 11.8 Å². The minimum Gasteiger partial charge on any atom is -0.344 e. The molecule has 3 aliphatic rings. The van der Waals surface area contributed by atoms with E-state index in [0.717, 1.165) is 6.42 Å². The van der Waals surface area contributed by atoms with Crippen LogP contribution in [0.15, 0.2) is 0 Å². The molecule has 3 rings (SSSR count). The van der Waals surface area contributed by atoms with Gasteiger partial charge in [0.15, 0.2) is 5.79 Å². The summed E-state index contributed by atoms with van der Waals surface area (Å²) in [5.74, 6) is 0.360. The average Bonchev–Trinajstić information content (AvgIpc) is 2.62. The van der Waals surface area contributed by atoms with Crippen molar-refractivity contribution in [3.63, 3.8) is 0 Å². The predicted molar refractivity (Wildman–Crippen MR) is 51.4 cm³/mol. The first kappa shape index (κ1) is 9.09. The van der Waals surface area contributed by atoms with Crippen LogP contribution in [-0.4, -0.2) is 30.1 Å². The zero-order valence-corrected chi connectivity index (χ0v) is 8.64. The number of nitrogens with two attached hydrogens (primary N) is 2. The highest BCUT2D eigenvalue weighted by molar-refractivity contribution is 5.13. The van der Waals surface area contributed by atoms with E-state index in [1.807, 2.05) is 13.8 Å². The predicted octanol–water partition coefficient (Wildman–Crippen LogP) is -0.189. The zero-order valence-electron chi connectivity index (χ0n) is 8.64. The third kappa shape index (κ3) is 0.972. The van der Waals surface area contributed by atoms with Gasteiger partial charge in [0.05, 0.1) is 12.2 Å². The Balaban J connectivity index is 1.89. The van der Waals surface area contributed by atoms with Crippen molar-refractivity contribution in [2.45, 2.75) is 50.3 Å². The van der Waals surface area contributed by atoms with Gasteiger partial charge in [0, 0.05) is 23.9 Å². The minimum atomic E-state index is -0.448. The molecule has 3 fully saturated rings. The first-order chi connectivity index (χ1) is 6.49. The molecule has 80 valence electrons. The number of rotatable bonds is 0. The fourth-order valence-electron chi connectivity index (χ4n) is 3.39. The van der Waals surface area contributed by atoms with E-state index in [9.17, 15) is 0 Å². The van der Waals surface area contributed by atoms with Gasteiger partial charge in [-0.3, -0.25) is 0 Å². The molecule has 0 aromatic heterocycles. The van der Waals surface area contributed by atoms with E-state index in [1.54, 1.807) is 0 Å². The van der Waals surface area contributed by atoms with Crippen molar-refractivity contribution in [2.75, 3.05) is 0 Å². The third-order valence-electron chi connectivity index (χ3n) is 3.99. The molecule has 4 nitrogen and oxygen atoms in total. The van der Waals surface area contributed by atoms with Crippen LogP contribution in [0.4, 0.5) is 0 Å². The summed E-state index contributed by atoms with van der Waals surface area (Å²) in [4.78, 5) is 0. The van der Waals surface area contributed by atoms with E-state index in [0.29, 0.717) is 11.8 Å². The third-order valence-corrected chi connectivity index (χ3v) is 3.99. The lowest BCUT2D eigenvalue weighted by Gasteiger charge is -2.31. The molecular formula is C10H18N2O2. The highest BCUT2D eigenvalue weighted by atomic mass is 16.8. The number of hydrogen-bond donors (Lipinski definition) is 2. The molecule has 0 spiro atoms. The van der Waals surface area contributed by atoms with Crippen LogP contribution in [0.3, 0.4) is 0 Å². The first-order valence-electron chi connectivity index (χ1n) is 5.36. The number of ether oxygens (including phenoxy) is 2. The van der Waals surface area contributed by atoms with Gasteiger partial charge in [-0.1, -0.05) is 0 Å². The Morgan fingerprint density at radius 2 is 1.43 bits per heavy atom. The summed E-state index contributed by atoms with van der Waals surface area (Å²) >= 11 is 0. The number of fused-ring (bicyclic) bond motifs is 5. The second-order valence-corrected chi connectivity index (χ2v) is 5.28. The summed E-state index contributed by atoms with van der Waals surface area (Å²) in [5.41, 5.74) is 12.1. The Labute approximate surface area is 83.9 Å². The second-order valence-electron chi connectivity index (χ2n) is 5.28. The van der Waals surface area contributed by atoms with Gasteiger partial charge < -0.3 is 20.9 Å². The molecule has 6 atom stereocenters. The number of hydrogen-bond acceptors (Lipinski definition) is 4. The highest BCUT2D eigenvalue weighted by Crippen LogP contribution is 2.51. The molecule has 4 N–H and O–H groups in total. The molecule has 1 heterocycles. The standard InChI is InChI=1S/C10H18N2O2/c1-10(2)13-8-4-3-5(9(8)14-10)7(12)6(4)11/h4-9H,3,11-12H2,1-2H3/t4-,5+,6-,7+,8-,9+. The molecule has 2 aliphatic carbocycles. The first-order valence-corrected chi connectivity index (χ1v) is 5.36. The molecule has 0 unspecified atom stereocenters. The fraction of sp³-hybridized carbons (Fsp3) is 1.00. The van der Waals surface area contributed by atoms with Gasteiger partial charge in [0.2, 0.25) is 0 Å². The molecule has 4 heteroatoms. The molecule has 0 radical (unpaired) electrons. The molecule has 0 aromatic carbocycles. The van der Waals surface area contributed by atoms with Gasteiger partial charge in [-0.2, -0.15) is 0 Å². The molecule has 1 aliphatic heterocycles. The Morgan fingerprint density at radius 1 is 1.00 bits per heavy atom. The van der Waals surface area contributed by atoms with E-state index >= 15 is 0 Å². The summed E-state index contributed by atoms with van der Waals surface area (Å²) in [6.07, 6.45) is 1.45. The van der Waals surface area contributed by atoms with Gasteiger partial charge in [-0.25, -0.2) is 0 Å².